The van der Waals surface area contributed by atoms with Crippen LogP contribution in [0.25, 0.3) is 11.3 Å². The number of benzene rings is 1. The Balaban J connectivity index is 1.54. The number of aliphatic hydroxyl groups is 1. The number of aromatic nitrogens is 3. The highest BCUT2D eigenvalue weighted by Crippen LogP contribution is 2.34. The summed E-state index contributed by atoms with van der Waals surface area (Å²) in [6.45, 7) is 0.641. The minimum Gasteiger partial charge on any atom is -0.389 e. The first kappa shape index (κ1) is 23.7. The number of anilines is 2. The third kappa shape index (κ3) is 6.53. The zero-order valence-corrected chi connectivity index (χ0v) is 17.8. The maximum Gasteiger partial charge on any atom is 0.411 e. The van der Waals surface area contributed by atoms with Gasteiger partial charge in [0, 0.05) is 38.3 Å². The largest absolute Gasteiger partial charge is 0.411 e. The molecule has 1 aromatic carbocycles. The van der Waals surface area contributed by atoms with Crippen molar-refractivity contribution in [3.8, 4) is 11.3 Å². The molecular formula is C18H21Cl2F3N6O2. The van der Waals surface area contributed by atoms with Gasteiger partial charge in [-0.1, -0.05) is 35.3 Å². The quantitative estimate of drug-likeness (QED) is 0.623. The molecule has 0 bridgehead atoms. The summed E-state index contributed by atoms with van der Waals surface area (Å²) < 4.78 is 40.8. The summed E-state index contributed by atoms with van der Waals surface area (Å²) in [5, 5.41) is 18.9. The van der Waals surface area contributed by atoms with Gasteiger partial charge in [-0.3, -0.25) is 4.90 Å². The lowest BCUT2D eigenvalue weighted by Gasteiger charge is -2.35. The number of hydrogen-bond acceptors (Lipinski definition) is 8. The Morgan fingerprint density at radius 2 is 1.87 bits per heavy atom. The van der Waals surface area contributed by atoms with E-state index in [-0.39, 0.29) is 19.0 Å². The Morgan fingerprint density at radius 3 is 2.52 bits per heavy atom. The number of alkyl halides is 3. The van der Waals surface area contributed by atoms with Crippen LogP contribution < -0.4 is 10.6 Å². The van der Waals surface area contributed by atoms with Crippen molar-refractivity contribution in [3.63, 3.8) is 0 Å². The number of ether oxygens (including phenoxy) is 1. The number of β-amino-alcohol motifs (C(OH)–C–C–N with tert-alkyl or cyclic N) is 1. The summed E-state index contributed by atoms with van der Waals surface area (Å²) in [5.41, 5.74) is 6.93. The Labute approximate surface area is 186 Å². The Kier molecular flexibility index (Phi) is 7.76. The second-order valence-electron chi connectivity index (χ2n) is 7.02. The van der Waals surface area contributed by atoms with Gasteiger partial charge in [-0.15, -0.1) is 10.2 Å². The number of aliphatic hydroxyl groups excluding tert-OH is 1. The van der Waals surface area contributed by atoms with Crippen molar-refractivity contribution in [2.45, 2.75) is 12.3 Å². The van der Waals surface area contributed by atoms with Crippen LogP contribution in [0.15, 0.2) is 18.2 Å². The summed E-state index contributed by atoms with van der Waals surface area (Å²) in [5.74, 6) is 0.516. The maximum absolute atomic E-state index is 12.1. The van der Waals surface area contributed by atoms with Crippen LogP contribution in [0.1, 0.15) is 0 Å². The molecular weight excluding hydrogens is 460 g/mol. The van der Waals surface area contributed by atoms with Crippen LogP contribution in [0, 0.1) is 0 Å². The SMILES string of the molecule is Nc1nc(N2CCN(CC(O)COCC(F)(F)F)CC2)nnc1-c1cccc(Cl)c1Cl. The van der Waals surface area contributed by atoms with E-state index in [4.69, 9.17) is 28.9 Å². The monoisotopic (exact) mass is 480 g/mol. The van der Waals surface area contributed by atoms with Gasteiger partial charge in [0.25, 0.3) is 0 Å². The Morgan fingerprint density at radius 1 is 1.16 bits per heavy atom. The topological polar surface area (TPSA) is 101 Å². The highest BCUT2D eigenvalue weighted by Gasteiger charge is 2.28. The number of hydrogen-bond donors (Lipinski definition) is 2. The molecule has 1 aliphatic rings. The normalized spacial score (nSPS) is 16.5. The van der Waals surface area contributed by atoms with Crippen LogP contribution in [-0.2, 0) is 4.74 Å². The van der Waals surface area contributed by atoms with Crippen LogP contribution in [0.3, 0.4) is 0 Å². The van der Waals surface area contributed by atoms with Gasteiger partial charge in [0.15, 0.2) is 5.82 Å². The molecule has 1 saturated heterocycles. The van der Waals surface area contributed by atoms with E-state index in [0.717, 1.165) is 0 Å². The van der Waals surface area contributed by atoms with E-state index >= 15 is 0 Å². The van der Waals surface area contributed by atoms with Crippen molar-refractivity contribution in [2.24, 2.45) is 0 Å². The van der Waals surface area contributed by atoms with Crippen molar-refractivity contribution in [1.82, 2.24) is 20.1 Å². The maximum atomic E-state index is 12.1. The fourth-order valence-electron chi connectivity index (χ4n) is 3.13. The molecule has 2 heterocycles. The summed E-state index contributed by atoms with van der Waals surface area (Å²) in [4.78, 5) is 8.14. The minimum absolute atomic E-state index is 0.161. The van der Waals surface area contributed by atoms with Crippen molar-refractivity contribution in [1.29, 1.82) is 0 Å². The number of halogens is 5. The molecule has 1 unspecified atom stereocenters. The number of nitrogen functional groups attached to an aromatic ring is 1. The van der Waals surface area contributed by atoms with Crippen LogP contribution in [-0.4, -0.2) is 83.4 Å². The first-order valence-corrected chi connectivity index (χ1v) is 10.1. The second-order valence-corrected chi connectivity index (χ2v) is 7.80. The molecule has 0 amide bonds. The Hall–Kier alpha value is -1.92. The number of nitrogens with zero attached hydrogens (tertiary/aromatic N) is 5. The molecule has 31 heavy (non-hydrogen) atoms. The third-order valence-corrected chi connectivity index (χ3v) is 5.43. The molecule has 1 atom stereocenters. The number of piperazine rings is 1. The summed E-state index contributed by atoms with van der Waals surface area (Å²) in [6, 6.07) is 5.09. The highest BCUT2D eigenvalue weighted by molar-refractivity contribution is 6.43. The number of rotatable bonds is 7. The van der Waals surface area contributed by atoms with Crippen molar-refractivity contribution < 1.29 is 23.0 Å². The standard InChI is InChI=1S/C18H21Cl2F3N6O2/c19-13-3-1-2-12(14(13)20)15-16(24)25-17(27-26-15)29-6-4-28(5-7-29)8-11(30)9-31-10-18(21,22)23/h1-3,11,30H,4-10H2,(H2,24,25,27). The first-order chi connectivity index (χ1) is 14.6. The predicted octanol–water partition coefficient (Wildman–Crippen LogP) is 2.49. The molecule has 3 rings (SSSR count). The van der Waals surface area contributed by atoms with Gasteiger partial charge in [-0.05, 0) is 6.07 Å². The van der Waals surface area contributed by atoms with Crippen LogP contribution in [0.5, 0.6) is 0 Å². The third-order valence-electron chi connectivity index (χ3n) is 4.61. The zero-order chi connectivity index (χ0) is 22.6. The van der Waals surface area contributed by atoms with E-state index < -0.39 is 18.9 Å². The fraction of sp³-hybridized carbons (Fsp3) is 0.500. The molecule has 1 fully saturated rings. The van der Waals surface area contributed by atoms with Gasteiger partial charge in [0.05, 0.1) is 22.8 Å². The van der Waals surface area contributed by atoms with Gasteiger partial charge in [-0.2, -0.15) is 18.2 Å². The molecule has 3 N–H and O–H groups in total. The molecule has 1 aliphatic heterocycles. The molecule has 0 spiro atoms. The highest BCUT2D eigenvalue weighted by atomic mass is 35.5. The van der Waals surface area contributed by atoms with Gasteiger partial charge in [-0.25, -0.2) is 0 Å². The molecule has 0 aliphatic carbocycles. The van der Waals surface area contributed by atoms with E-state index in [1.54, 1.807) is 18.2 Å². The lowest BCUT2D eigenvalue weighted by atomic mass is 10.1. The van der Waals surface area contributed by atoms with E-state index in [0.29, 0.717) is 53.4 Å². The van der Waals surface area contributed by atoms with Crippen molar-refractivity contribution >= 4 is 35.0 Å². The fourth-order valence-corrected chi connectivity index (χ4v) is 3.52. The van der Waals surface area contributed by atoms with E-state index in [1.807, 2.05) is 9.80 Å². The molecule has 1 aromatic heterocycles. The van der Waals surface area contributed by atoms with Crippen LogP contribution in [0.2, 0.25) is 10.0 Å². The lowest BCUT2D eigenvalue weighted by Crippen LogP contribution is -2.49. The van der Waals surface area contributed by atoms with E-state index in [1.165, 1.54) is 0 Å². The summed E-state index contributed by atoms with van der Waals surface area (Å²) in [6.07, 6.45) is -5.42. The van der Waals surface area contributed by atoms with Gasteiger partial charge < -0.3 is 20.5 Å². The minimum atomic E-state index is -4.41. The van der Waals surface area contributed by atoms with Crippen LogP contribution in [0.4, 0.5) is 24.9 Å². The average molecular weight is 481 g/mol. The first-order valence-electron chi connectivity index (χ1n) is 9.38. The molecule has 0 saturated carbocycles. The van der Waals surface area contributed by atoms with E-state index in [9.17, 15) is 18.3 Å². The van der Waals surface area contributed by atoms with E-state index in [2.05, 4.69) is 19.9 Å². The van der Waals surface area contributed by atoms with Crippen molar-refractivity contribution in [2.75, 3.05) is 56.6 Å². The number of nitrogens with two attached hydrogens (primary N) is 1. The molecule has 2 aromatic rings. The van der Waals surface area contributed by atoms with Gasteiger partial charge in [0.2, 0.25) is 5.95 Å². The predicted molar refractivity (Wildman–Crippen MR) is 111 cm³/mol. The molecule has 170 valence electrons. The smallest absolute Gasteiger partial charge is 0.389 e. The molecule has 13 heteroatoms. The van der Waals surface area contributed by atoms with Gasteiger partial charge in [0.1, 0.15) is 12.3 Å². The summed E-state index contributed by atoms with van der Waals surface area (Å²) in [7, 11) is 0. The van der Waals surface area contributed by atoms with Crippen molar-refractivity contribution in [3.05, 3.63) is 28.2 Å². The summed E-state index contributed by atoms with van der Waals surface area (Å²) >= 11 is 12.3. The molecule has 0 radical (unpaired) electrons. The zero-order valence-electron chi connectivity index (χ0n) is 16.3. The van der Waals surface area contributed by atoms with Crippen LogP contribution >= 0.6 is 23.2 Å². The average Bonchev–Trinajstić information content (AvgIpc) is 2.70. The Bertz CT molecular complexity index is 897. The lowest BCUT2D eigenvalue weighted by molar-refractivity contribution is -0.179. The molecule has 8 nitrogen and oxygen atoms in total. The van der Waals surface area contributed by atoms with Gasteiger partial charge >= 0.3 is 6.18 Å². The second kappa shape index (κ2) is 10.1.